The molecule has 2 N–H and O–H groups in total. The van der Waals surface area contributed by atoms with Gasteiger partial charge in [-0.3, -0.25) is 9.59 Å². The molecule has 0 spiro atoms. The molecule has 5 nitrogen and oxygen atoms in total. The molecule has 30 heavy (non-hydrogen) atoms. The highest BCUT2D eigenvalue weighted by molar-refractivity contribution is 6.07. The molecule has 0 aliphatic heterocycles. The van der Waals surface area contributed by atoms with Crippen LogP contribution in [0.3, 0.4) is 0 Å². The number of benzene rings is 3. The van der Waals surface area contributed by atoms with Gasteiger partial charge in [-0.15, -0.1) is 0 Å². The fourth-order valence-corrected chi connectivity index (χ4v) is 2.95. The summed E-state index contributed by atoms with van der Waals surface area (Å²) in [5, 5.41) is 5.76. The highest BCUT2D eigenvalue weighted by Gasteiger charge is 2.15. The molecule has 5 heteroatoms. The molecule has 0 heterocycles. The second kappa shape index (κ2) is 10.1. The van der Waals surface area contributed by atoms with Crippen LogP contribution in [-0.4, -0.2) is 18.9 Å². The van der Waals surface area contributed by atoms with Crippen LogP contribution in [0.4, 0.5) is 5.69 Å². The van der Waals surface area contributed by atoms with E-state index in [1.165, 1.54) is 6.08 Å². The van der Waals surface area contributed by atoms with E-state index in [9.17, 15) is 9.59 Å². The summed E-state index contributed by atoms with van der Waals surface area (Å²) in [4.78, 5) is 25.2. The molecule has 3 aromatic carbocycles. The lowest BCUT2D eigenvalue weighted by Crippen LogP contribution is -2.27. The van der Waals surface area contributed by atoms with E-state index in [1.54, 1.807) is 37.5 Å². The van der Waals surface area contributed by atoms with Crippen molar-refractivity contribution in [2.75, 3.05) is 12.4 Å². The Morgan fingerprint density at radius 2 is 1.57 bits per heavy atom. The Kier molecular flexibility index (Phi) is 7.00. The van der Waals surface area contributed by atoms with Gasteiger partial charge in [0.05, 0.1) is 24.4 Å². The summed E-state index contributed by atoms with van der Waals surface area (Å²) in [6.07, 6.45) is 3.14. The number of ether oxygens (including phenoxy) is 1. The van der Waals surface area contributed by atoms with Crippen molar-refractivity contribution in [2.24, 2.45) is 0 Å². The molecular weight excluding hydrogens is 376 g/mol. The van der Waals surface area contributed by atoms with Gasteiger partial charge in [0.15, 0.2) is 0 Å². The predicted molar refractivity (Wildman–Crippen MR) is 119 cm³/mol. The second-order valence-electron chi connectivity index (χ2n) is 6.75. The summed E-state index contributed by atoms with van der Waals surface area (Å²) in [7, 11) is 1.60. The molecule has 2 amide bonds. The first-order chi connectivity index (χ1) is 14.6. The Morgan fingerprint density at radius 3 is 2.27 bits per heavy atom. The van der Waals surface area contributed by atoms with E-state index >= 15 is 0 Å². The zero-order chi connectivity index (χ0) is 21.3. The van der Waals surface area contributed by atoms with Gasteiger partial charge in [-0.25, -0.2) is 0 Å². The monoisotopic (exact) mass is 400 g/mol. The van der Waals surface area contributed by atoms with Crippen LogP contribution in [0.5, 0.6) is 5.75 Å². The van der Waals surface area contributed by atoms with Crippen LogP contribution in [-0.2, 0) is 4.79 Å². The summed E-state index contributed by atoms with van der Waals surface area (Å²) in [5.41, 5.74) is 2.74. The Morgan fingerprint density at radius 1 is 0.900 bits per heavy atom. The molecular formula is C25H24N2O3. The second-order valence-corrected chi connectivity index (χ2v) is 6.75. The minimum atomic E-state index is -0.317. The number of hydrogen-bond donors (Lipinski definition) is 2. The zero-order valence-corrected chi connectivity index (χ0v) is 17.0. The van der Waals surface area contributed by atoms with Crippen molar-refractivity contribution in [3.05, 3.63) is 102 Å². The standard InChI is InChI=1S/C25H24N2O3/c1-18(20-8-4-3-5-9-20)26-25(29)22-10-6-7-11-23(22)27-24(28)17-14-19-12-15-21(30-2)16-13-19/h3-18H,1-2H3,(H,26,29)(H,27,28)/b17-14+/t18-/m1/s1. The SMILES string of the molecule is COc1ccc(/C=C/C(=O)Nc2ccccc2C(=O)N[C@H](C)c2ccccc2)cc1. The van der Waals surface area contributed by atoms with Crippen molar-refractivity contribution in [1.82, 2.24) is 5.32 Å². The average Bonchev–Trinajstić information content (AvgIpc) is 2.79. The highest BCUT2D eigenvalue weighted by atomic mass is 16.5. The summed E-state index contributed by atoms with van der Waals surface area (Å²) in [6.45, 7) is 1.92. The lowest BCUT2D eigenvalue weighted by atomic mass is 10.1. The lowest BCUT2D eigenvalue weighted by molar-refractivity contribution is -0.111. The first kappa shape index (κ1) is 20.9. The fourth-order valence-electron chi connectivity index (χ4n) is 2.95. The van der Waals surface area contributed by atoms with Crippen LogP contribution in [0.1, 0.15) is 34.5 Å². The predicted octanol–water partition coefficient (Wildman–Crippen LogP) is 4.84. The quantitative estimate of drug-likeness (QED) is 0.558. The van der Waals surface area contributed by atoms with Gasteiger partial charge in [0.25, 0.3) is 5.91 Å². The average molecular weight is 400 g/mol. The third-order valence-electron chi connectivity index (χ3n) is 4.62. The van der Waals surface area contributed by atoms with Gasteiger partial charge >= 0.3 is 0 Å². The minimum Gasteiger partial charge on any atom is -0.497 e. The van der Waals surface area contributed by atoms with Crippen LogP contribution in [0.25, 0.3) is 6.08 Å². The van der Waals surface area contributed by atoms with Crippen molar-refractivity contribution < 1.29 is 14.3 Å². The Hall–Kier alpha value is -3.86. The Bertz CT molecular complexity index is 1030. The molecule has 0 radical (unpaired) electrons. The van der Waals surface area contributed by atoms with Crippen LogP contribution in [0, 0.1) is 0 Å². The number of rotatable bonds is 7. The smallest absolute Gasteiger partial charge is 0.253 e. The maximum Gasteiger partial charge on any atom is 0.253 e. The molecule has 0 unspecified atom stereocenters. The van der Waals surface area contributed by atoms with Gasteiger partial charge < -0.3 is 15.4 Å². The molecule has 0 saturated carbocycles. The van der Waals surface area contributed by atoms with E-state index in [0.29, 0.717) is 11.3 Å². The van der Waals surface area contributed by atoms with E-state index in [2.05, 4.69) is 10.6 Å². The van der Waals surface area contributed by atoms with E-state index in [0.717, 1.165) is 16.9 Å². The maximum atomic E-state index is 12.8. The topological polar surface area (TPSA) is 67.4 Å². The molecule has 0 bridgehead atoms. The van der Waals surface area contributed by atoms with E-state index in [4.69, 9.17) is 4.74 Å². The number of carbonyl (C=O) groups is 2. The maximum absolute atomic E-state index is 12.8. The molecule has 0 saturated heterocycles. The van der Waals surface area contributed by atoms with Gasteiger partial charge in [-0.05, 0) is 48.4 Å². The number of carbonyl (C=O) groups excluding carboxylic acids is 2. The Balaban J connectivity index is 1.67. The molecule has 0 aliphatic rings. The largest absolute Gasteiger partial charge is 0.497 e. The molecule has 3 aromatic rings. The minimum absolute atomic E-state index is 0.155. The van der Waals surface area contributed by atoms with Gasteiger partial charge in [0.2, 0.25) is 5.91 Å². The van der Waals surface area contributed by atoms with Crippen LogP contribution < -0.4 is 15.4 Å². The molecule has 152 valence electrons. The third kappa shape index (κ3) is 5.58. The van der Waals surface area contributed by atoms with Crippen LogP contribution in [0.15, 0.2) is 84.9 Å². The van der Waals surface area contributed by atoms with Crippen LogP contribution in [0.2, 0.25) is 0 Å². The summed E-state index contributed by atoms with van der Waals surface area (Å²) >= 11 is 0. The lowest BCUT2D eigenvalue weighted by Gasteiger charge is -2.16. The van der Waals surface area contributed by atoms with Crippen molar-refractivity contribution in [2.45, 2.75) is 13.0 Å². The Labute approximate surface area is 176 Å². The molecule has 0 aliphatic carbocycles. The first-order valence-corrected chi connectivity index (χ1v) is 9.65. The summed E-state index contributed by atoms with van der Waals surface area (Å²) < 4.78 is 5.12. The number of methoxy groups -OCH3 is 1. The molecule has 3 rings (SSSR count). The first-order valence-electron chi connectivity index (χ1n) is 9.65. The van der Waals surface area contributed by atoms with Gasteiger partial charge in [-0.1, -0.05) is 54.6 Å². The normalized spacial score (nSPS) is 11.7. The summed E-state index contributed by atoms with van der Waals surface area (Å²) in [6, 6.07) is 23.9. The number of amides is 2. The van der Waals surface area contributed by atoms with Gasteiger partial charge in [-0.2, -0.15) is 0 Å². The molecule has 0 fully saturated rings. The molecule has 1 atom stereocenters. The van der Waals surface area contributed by atoms with Crippen molar-refractivity contribution >= 4 is 23.6 Å². The fraction of sp³-hybridized carbons (Fsp3) is 0.120. The van der Waals surface area contributed by atoms with Gasteiger partial charge in [0.1, 0.15) is 5.75 Å². The van der Waals surface area contributed by atoms with Crippen molar-refractivity contribution in [3.8, 4) is 5.75 Å². The number of hydrogen-bond acceptors (Lipinski definition) is 3. The van der Waals surface area contributed by atoms with Gasteiger partial charge in [0, 0.05) is 6.08 Å². The van der Waals surface area contributed by atoms with Crippen LogP contribution >= 0.6 is 0 Å². The summed E-state index contributed by atoms with van der Waals surface area (Å²) in [5.74, 6) is 0.185. The zero-order valence-electron chi connectivity index (χ0n) is 17.0. The van der Waals surface area contributed by atoms with Crippen molar-refractivity contribution in [1.29, 1.82) is 0 Å². The number of anilines is 1. The van der Waals surface area contributed by atoms with E-state index in [-0.39, 0.29) is 17.9 Å². The third-order valence-corrected chi connectivity index (χ3v) is 4.62. The highest BCUT2D eigenvalue weighted by Crippen LogP contribution is 2.18. The molecule has 0 aromatic heterocycles. The van der Waals surface area contributed by atoms with E-state index < -0.39 is 0 Å². The van der Waals surface area contributed by atoms with E-state index in [1.807, 2.05) is 61.5 Å². The number of para-hydroxylation sites is 1. The number of nitrogens with one attached hydrogen (secondary N) is 2. The van der Waals surface area contributed by atoms with Crippen molar-refractivity contribution in [3.63, 3.8) is 0 Å².